The van der Waals surface area contributed by atoms with E-state index in [1.165, 1.54) is 18.2 Å². The van der Waals surface area contributed by atoms with E-state index in [2.05, 4.69) is 4.65 Å². The van der Waals surface area contributed by atoms with E-state index in [1.54, 1.807) is 0 Å². The van der Waals surface area contributed by atoms with Crippen LogP contribution in [0.25, 0.3) is 0 Å². The van der Waals surface area contributed by atoms with E-state index >= 15 is 0 Å². The van der Waals surface area contributed by atoms with Gasteiger partial charge in [0, 0.05) is 0 Å². The van der Waals surface area contributed by atoms with E-state index in [-0.39, 0.29) is 10.8 Å². The molecule has 0 fully saturated rings. The average Bonchev–Trinajstić information content (AvgIpc) is 1.99. The van der Waals surface area contributed by atoms with E-state index in [4.69, 9.17) is 16.6 Å². The van der Waals surface area contributed by atoms with Crippen LogP contribution in [-0.4, -0.2) is 12.7 Å². The van der Waals surface area contributed by atoms with E-state index in [0.29, 0.717) is 7.69 Å². The smallest absolute Gasteiger partial charge is 0.536 e. The molecule has 11 heavy (non-hydrogen) atoms. The summed E-state index contributed by atoms with van der Waals surface area (Å²) in [7, 11) is 0.445. The van der Waals surface area contributed by atoms with Gasteiger partial charge in [0.05, 0.1) is 0 Å². The molecule has 0 unspecified atom stereocenters. The van der Waals surface area contributed by atoms with Crippen LogP contribution in [-0.2, 0) is 0 Å². The Labute approximate surface area is 68.9 Å². The second-order valence-electron chi connectivity index (χ2n) is 1.78. The van der Waals surface area contributed by atoms with Gasteiger partial charge in [-0.15, -0.1) is 0 Å². The number of halogens is 2. The zero-order valence-corrected chi connectivity index (χ0v) is 6.18. The first-order valence-corrected chi connectivity index (χ1v) is 3.20. The Kier molecular flexibility index (Phi) is 2.73. The Balaban J connectivity index is 2.96. The molecular formula is C6H4BClFO2. The van der Waals surface area contributed by atoms with Gasteiger partial charge in [-0.1, -0.05) is 17.7 Å². The molecule has 0 amide bonds. The first-order chi connectivity index (χ1) is 5.25. The van der Waals surface area contributed by atoms with Crippen molar-refractivity contribution in [2.24, 2.45) is 0 Å². The van der Waals surface area contributed by atoms with Gasteiger partial charge in [-0.25, -0.2) is 4.39 Å². The summed E-state index contributed by atoms with van der Waals surface area (Å²) in [6.07, 6.45) is 0. The fraction of sp³-hybridized carbons (Fsp3) is 0. The quantitative estimate of drug-likeness (QED) is 0.685. The molecule has 0 saturated carbocycles. The van der Waals surface area contributed by atoms with E-state index in [0.717, 1.165) is 0 Å². The number of rotatable bonds is 2. The van der Waals surface area contributed by atoms with E-state index in [1.807, 2.05) is 0 Å². The van der Waals surface area contributed by atoms with Crippen LogP contribution in [0.1, 0.15) is 0 Å². The van der Waals surface area contributed by atoms with Crippen LogP contribution in [0, 0.1) is 5.82 Å². The van der Waals surface area contributed by atoms with Gasteiger partial charge in [0.15, 0.2) is 0 Å². The van der Waals surface area contributed by atoms with Gasteiger partial charge in [0.25, 0.3) is 0 Å². The minimum atomic E-state index is -0.578. The van der Waals surface area contributed by atoms with Crippen LogP contribution < -0.4 is 4.65 Å². The minimum Gasteiger partial charge on any atom is -0.536 e. The van der Waals surface area contributed by atoms with E-state index < -0.39 is 5.82 Å². The van der Waals surface area contributed by atoms with Gasteiger partial charge in [-0.05, 0) is 12.1 Å². The highest BCUT2D eigenvalue weighted by Crippen LogP contribution is 2.25. The zero-order chi connectivity index (χ0) is 8.27. The van der Waals surface area contributed by atoms with Crippen molar-refractivity contribution in [3.05, 3.63) is 29.0 Å². The Morgan fingerprint density at radius 3 is 2.91 bits per heavy atom. The fourth-order valence-corrected chi connectivity index (χ4v) is 0.802. The predicted molar refractivity (Wildman–Crippen MR) is 40.0 cm³/mol. The van der Waals surface area contributed by atoms with Crippen LogP contribution in [0.3, 0.4) is 0 Å². The number of hydrogen-bond donors (Lipinski definition) is 1. The summed E-state index contributed by atoms with van der Waals surface area (Å²) in [5, 5.41) is 8.07. The van der Waals surface area contributed by atoms with Gasteiger partial charge in [-0.2, -0.15) is 0 Å². The molecule has 0 aliphatic carbocycles. The first-order valence-electron chi connectivity index (χ1n) is 2.82. The van der Waals surface area contributed by atoms with Crippen molar-refractivity contribution < 1.29 is 14.1 Å². The summed E-state index contributed by atoms with van der Waals surface area (Å²) in [4.78, 5) is 0. The molecule has 0 spiro atoms. The molecule has 1 aromatic carbocycles. The van der Waals surface area contributed by atoms with Crippen molar-refractivity contribution in [2.75, 3.05) is 0 Å². The molecule has 0 aliphatic heterocycles. The molecule has 1 radical (unpaired) electrons. The second-order valence-corrected chi connectivity index (χ2v) is 2.15. The third-order valence-electron chi connectivity index (χ3n) is 1.10. The van der Waals surface area contributed by atoms with Gasteiger partial charge in [0.2, 0.25) is 0 Å². The molecule has 0 aromatic heterocycles. The lowest BCUT2D eigenvalue weighted by molar-refractivity contribution is 0.451. The van der Waals surface area contributed by atoms with Crippen LogP contribution >= 0.6 is 11.6 Å². The predicted octanol–water partition coefficient (Wildman–Crippen LogP) is 1.38. The van der Waals surface area contributed by atoms with Crippen molar-refractivity contribution in [3.8, 4) is 5.75 Å². The summed E-state index contributed by atoms with van der Waals surface area (Å²) in [6, 6.07) is 4.07. The molecule has 1 N–H and O–H groups in total. The molecule has 1 aromatic rings. The summed E-state index contributed by atoms with van der Waals surface area (Å²) >= 11 is 5.44. The van der Waals surface area contributed by atoms with E-state index in [9.17, 15) is 4.39 Å². The van der Waals surface area contributed by atoms with Crippen LogP contribution in [0.15, 0.2) is 18.2 Å². The summed E-state index contributed by atoms with van der Waals surface area (Å²) in [6.45, 7) is 0. The van der Waals surface area contributed by atoms with Crippen LogP contribution in [0.5, 0.6) is 5.75 Å². The first kappa shape index (κ1) is 8.36. The lowest BCUT2D eigenvalue weighted by Gasteiger charge is -2.03. The fourth-order valence-electron chi connectivity index (χ4n) is 0.632. The normalized spacial score (nSPS) is 9.36. The molecule has 0 aliphatic rings. The molecule has 2 nitrogen and oxygen atoms in total. The Morgan fingerprint density at radius 1 is 1.55 bits per heavy atom. The van der Waals surface area contributed by atoms with Gasteiger partial charge < -0.3 is 9.68 Å². The highest BCUT2D eigenvalue weighted by Gasteiger charge is 2.05. The molecular weight excluding hydrogens is 169 g/mol. The second kappa shape index (κ2) is 3.60. The third kappa shape index (κ3) is 1.85. The standard InChI is InChI=1S/C6H4BClFO2/c8-6-4(9)2-1-3-5(6)11-7-10/h1-3,10H. The Morgan fingerprint density at radius 2 is 2.27 bits per heavy atom. The number of hydrogen-bond acceptors (Lipinski definition) is 2. The molecule has 1 rings (SSSR count). The number of benzene rings is 1. The maximum absolute atomic E-state index is 12.6. The van der Waals surface area contributed by atoms with Crippen molar-refractivity contribution in [2.45, 2.75) is 0 Å². The summed E-state index contributed by atoms with van der Waals surface area (Å²) in [5.74, 6) is -0.486. The maximum atomic E-state index is 12.6. The maximum Gasteiger partial charge on any atom is 0.569 e. The van der Waals surface area contributed by atoms with Crippen molar-refractivity contribution >= 4 is 19.3 Å². The average molecular weight is 173 g/mol. The van der Waals surface area contributed by atoms with Crippen molar-refractivity contribution in [1.82, 2.24) is 0 Å². The molecule has 0 saturated heterocycles. The molecule has 5 heteroatoms. The SMILES string of the molecule is O[B]Oc1cccc(F)c1Cl. The lowest BCUT2D eigenvalue weighted by atomic mass is 10.3. The molecule has 0 heterocycles. The summed E-state index contributed by atoms with van der Waals surface area (Å²) < 4.78 is 17.1. The zero-order valence-electron chi connectivity index (χ0n) is 5.42. The van der Waals surface area contributed by atoms with Gasteiger partial charge in [0.1, 0.15) is 16.6 Å². The van der Waals surface area contributed by atoms with Crippen LogP contribution in [0.2, 0.25) is 5.02 Å². The van der Waals surface area contributed by atoms with Gasteiger partial charge in [-0.3, -0.25) is 0 Å². The Bertz CT molecular complexity index is 256. The van der Waals surface area contributed by atoms with Crippen molar-refractivity contribution in [1.29, 1.82) is 0 Å². The molecule has 0 bridgehead atoms. The van der Waals surface area contributed by atoms with Crippen LogP contribution in [0.4, 0.5) is 4.39 Å². The monoisotopic (exact) mass is 173 g/mol. The highest BCUT2D eigenvalue weighted by molar-refractivity contribution is 6.32. The Hall–Kier alpha value is -0.735. The summed E-state index contributed by atoms with van der Waals surface area (Å²) in [5.41, 5.74) is 0. The largest absolute Gasteiger partial charge is 0.569 e. The topological polar surface area (TPSA) is 29.5 Å². The van der Waals surface area contributed by atoms with Crippen molar-refractivity contribution in [3.63, 3.8) is 0 Å². The third-order valence-corrected chi connectivity index (χ3v) is 1.46. The highest BCUT2D eigenvalue weighted by atomic mass is 35.5. The minimum absolute atomic E-state index is 0.0918. The molecule has 0 atom stereocenters. The van der Waals surface area contributed by atoms with Gasteiger partial charge >= 0.3 is 7.69 Å². The lowest BCUT2D eigenvalue weighted by Crippen LogP contribution is -2.00. The molecule has 57 valence electrons.